The van der Waals surface area contributed by atoms with E-state index in [1.807, 2.05) is 11.0 Å². The molecule has 1 saturated heterocycles. The number of hydrogen-bond acceptors (Lipinski definition) is 8. The van der Waals surface area contributed by atoms with Crippen molar-refractivity contribution in [3.63, 3.8) is 0 Å². The van der Waals surface area contributed by atoms with E-state index in [2.05, 4.69) is 10.8 Å². The lowest BCUT2D eigenvalue weighted by Crippen LogP contribution is -2.40. The number of nitrogens with two attached hydrogens (primary N) is 2. The second-order valence-corrected chi connectivity index (χ2v) is 8.17. The predicted octanol–water partition coefficient (Wildman–Crippen LogP) is 1.04. The minimum absolute atomic E-state index is 0.0512. The van der Waals surface area contributed by atoms with Gasteiger partial charge in [-0.25, -0.2) is 9.18 Å². The quantitative estimate of drug-likeness (QED) is 0.362. The van der Waals surface area contributed by atoms with Crippen molar-refractivity contribution in [1.82, 2.24) is 4.68 Å². The van der Waals surface area contributed by atoms with Gasteiger partial charge in [0, 0.05) is 26.2 Å². The molecule has 11 heteroatoms. The van der Waals surface area contributed by atoms with Crippen molar-refractivity contribution in [3.05, 3.63) is 34.4 Å². The van der Waals surface area contributed by atoms with E-state index in [0.717, 1.165) is 6.42 Å². The Hall–Kier alpha value is -3.47. The van der Waals surface area contributed by atoms with Gasteiger partial charge in [0.25, 0.3) is 0 Å². The lowest BCUT2D eigenvalue weighted by Gasteiger charge is -2.34. The van der Waals surface area contributed by atoms with E-state index in [-0.39, 0.29) is 52.6 Å². The molecule has 0 radical (unpaired) electrons. The third-order valence-corrected chi connectivity index (χ3v) is 6.36. The molecule has 1 aromatic carbocycles. The van der Waals surface area contributed by atoms with Gasteiger partial charge in [-0.05, 0) is 18.3 Å². The Bertz CT molecular complexity index is 1200. The minimum atomic E-state index is -1.65. The molecule has 3 unspecified atom stereocenters. The zero-order chi connectivity index (χ0) is 22.0. The lowest BCUT2D eigenvalue weighted by atomic mass is 9.83. The number of halogens is 1. The predicted molar refractivity (Wildman–Crippen MR) is 112 cm³/mol. The zero-order valence-electron chi connectivity index (χ0n) is 16.7. The van der Waals surface area contributed by atoms with Crippen molar-refractivity contribution in [2.45, 2.75) is 12.5 Å². The molecule has 0 spiro atoms. The van der Waals surface area contributed by atoms with Crippen molar-refractivity contribution >= 4 is 28.4 Å². The van der Waals surface area contributed by atoms with Gasteiger partial charge >= 0.3 is 6.16 Å². The van der Waals surface area contributed by atoms with Crippen molar-refractivity contribution < 1.29 is 23.8 Å². The summed E-state index contributed by atoms with van der Waals surface area (Å²) in [7, 11) is 1.67. The highest BCUT2D eigenvalue weighted by molar-refractivity contribution is 6.01. The molecular weight excluding hydrogens is 409 g/mol. The molecule has 1 aliphatic carbocycles. The molecule has 3 atom stereocenters. The van der Waals surface area contributed by atoms with Crippen molar-refractivity contribution in [2.75, 3.05) is 42.5 Å². The highest BCUT2D eigenvalue weighted by Gasteiger charge is 2.40. The summed E-state index contributed by atoms with van der Waals surface area (Å²) in [5, 5.41) is 10.4. The molecule has 0 bridgehead atoms. The van der Waals surface area contributed by atoms with E-state index in [0.29, 0.717) is 13.1 Å². The highest BCUT2D eigenvalue weighted by Crippen LogP contribution is 2.46. The van der Waals surface area contributed by atoms with Crippen LogP contribution in [0.3, 0.4) is 0 Å². The summed E-state index contributed by atoms with van der Waals surface area (Å²) >= 11 is 0. The number of rotatable bonds is 2. The third kappa shape index (κ3) is 2.80. The molecule has 164 valence electrons. The Morgan fingerprint density at radius 3 is 2.87 bits per heavy atom. The summed E-state index contributed by atoms with van der Waals surface area (Å²) in [4.78, 5) is 25.8. The number of fused-ring (bicyclic) bond motifs is 1. The molecule has 31 heavy (non-hydrogen) atoms. The maximum Gasteiger partial charge on any atom is 0.511 e. The molecule has 1 fully saturated rings. The molecule has 1 aromatic heterocycles. The van der Waals surface area contributed by atoms with E-state index in [4.69, 9.17) is 21.3 Å². The molecule has 3 aliphatic rings. The maximum atomic E-state index is 15.6. The fraction of sp³-hybridized carbons (Fsp3) is 0.400. The average molecular weight is 431 g/mol. The van der Waals surface area contributed by atoms with Gasteiger partial charge in [-0.2, -0.15) is 0 Å². The van der Waals surface area contributed by atoms with E-state index in [1.54, 1.807) is 12.1 Å². The smallest absolute Gasteiger partial charge is 0.467 e. The normalized spacial score (nSPS) is 24.3. The number of nitrogens with zero attached hydrogens (tertiary/aromatic N) is 3. The number of nitrogen functional groups attached to an aromatic ring is 1. The fourth-order valence-corrected chi connectivity index (χ4v) is 4.89. The van der Waals surface area contributed by atoms with E-state index in [1.165, 1.54) is 10.9 Å². The third-order valence-electron chi connectivity index (χ3n) is 6.36. The van der Waals surface area contributed by atoms with Gasteiger partial charge in [-0.1, -0.05) is 12.2 Å². The van der Waals surface area contributed by atoms with Crippen LogP contribution in [0.5, 0.6) is 11.5 Å². The molecule has 2 aromatic rings. The van der Waals surface area contributed by atoms with Crippen LogP contribution in [0.1, 0.15) is 6.42 Å². The summed E-state index contributed by atoms with van der Waals surface area (Å²) < 4.78 is 27.6. The van der Waals surface area contributed by atoms with Crippen LogP contribution >= 0.6 is 0 Å². The number of aromatic nitrogens is 1. The van der Waals surface area contributed by atoms with E-state index in [9.17, 15) is 9.59 Å². The highest BCUT2D eigenvalue weighted by atomic mass is 19.1. The summed E-state index contributed by atoms with van der Waals surface area (Å²) in [6, 6.07) is -0.109. The SMILES string of the molecule is CN1COc2c(N3CC4CC=CC(N)C4C3)c(F)c(N)c3c(=O)c(OC(=O)O)cn1c23. The summed E-state index contributed by atoms with van der Waals surface area (Å²) in [5.41, 5.74) is 11.6. The second-order valence-electron chi connectivity index (χ2n) is 8.17. The van der Waals surface area contributed by atoms with Gasteiger partial charge in [-0.3, -0.25) is 14.5 Å². The standard InChI is InChI=1S/C20H22FN5O5/c1-24-8-30-19-16-13(18(27)12(7-26(16)24)31-20(28)29)15(23)14(21)17(19)25-5-9-3-2-4-11(22)10(9)6-25/h2,4,7,9-11H,3,5-6,8,22-23H2,1H3,(H,28,29). The van der Waals surface area contributed by atoms with Gasteiger partial charge in [0.2, 0.25) is 11.2 Å². The zero-order valence-corrected chi connectivity index (χ0v) is 16.7. The lowest BCUT2D eigenvalue weighted by molar-refractivity contribution is 0.143. The largest absolute Gasteiger partial charge is 0.511 e. The number of allylic oxidation sites excluding steroid dienone is 1. The molecule has 0 amide bonds. The van der Waals surface area contributed by atoms with Gasteiger partial charge < -0.3 is 30.9 Å². The Morgan fingerprint density at radius 1 is 1.39 bits per heavy atom. The number of carbonyl (C=O) groups is 1. The van der Waals surface area contributed by atoms with Crippen LogP contribution in [-0.2, 0) is 0 Å². The van der Waals surface area contributed by atoms with Gasteiger partial charge in [-0.15, -0.1) is 0 Å². The van der Waals surface area contributed by atoms with Crippen LogP contribution in [-0.4, -0.2) is 48.8 Å². The topological polar surface area (TPSA) is 136 Å². The van der Waals surface area contributed by atoms with Gasteiger partial charge in [0.15, 0.2) is 18.3 Å². The van der Waals surface area contributed by atoms with Crippen LogP contribution in [0.15, 0.2) is 23.1 Å². The molecule has 2 aliphatic heterocycles. The fourth-order valence-electron chi connectivity index (χ4n) is 4.89. The van der Waals surface area contributed by atoms with Crippen molar-refractivity contribution in [1.29, 1.82) is 0 Å². The number of pyridine rings is 1. The monoisotopic (exact) mass is 431 g/mol. The summed E-state index contributed by atoms with van der Waals surface area (Å²) in [6.45, 7) is 1.17. The second kappa shape index (κ2) is 6.77. The number of hydrogen-bond donors (Lipinski definition) is 3. The van der Waals surface area contributed by atoms with Crippen LogP contribution in [0.25, 0.3) is 10.9 Å². The van der Waals surface area contributed by atoms with Gasteiger partial charge in [0.05, 0.1) is 17.3 Å². The number of benzene rings is 1. The minimum Gasteiger partial charge on any atom is -0.467 e. The Balaban J connectivity index is 1.73. The molecule has 10 nitrogen and oxygen atoms in total. The molecule has 0 saturated carbocycles. The number of carboxylic acid groups (broad SMARTS) is 1. The molecule has 5 rings (SSSR count). The van der Waals surface area contributed by atoms with Crippen LogP contribution in [0, 0.1) is 17.7 Å². The number of ether oxygens (including phenoxy) is 2. The number of anilines is 2. The van der Waals surface area contributed by atoms with E-state index < -0.39 is 23.2 Å². The maximum absolute atomic E-state index is 15.6. The first kappa shape index (κ1) is 19.5. The molecule has 3 heterocycles. The van der Waals surface area contributed by atoms with Gasteiger partial charge in [0.1, 0.15) is 11.2 Å². The first-order valence-corrected chi connectivity index (χ1v) is 9.90. The van der Waals surface area contributed by atoms with Crippen molar-refractivity contribution in [3.8, 4) is 11.5 Å². The first-order chi connectivity index (χ1) is 14.8. The summed E-state index contributed by atoms with van der Waals surface area (Å²) in [5.74, 6) is -0.596. The van der Waals surface area contributed by atoms with Crippen LogP contribution in [0.2, 0.25) is 0 Å². The Labute approximate surface area is 176 Å². The Morgan fingerprint density at radius 2 is 2.16 bits per heavy atom. The summed E-state index contributed by atoms with van der Waals surface area (Å²) in [6.07, 6.45) is 4.48. The molecular formula is C20H22FN5O5. The van der Waals surface area contributed by atoms with Crippen LogP contribution in [0.4, 0.5) is 20.6 Å². The Kier molecular flexibility index (Phi) is 4.26. The van der Waals surface area contributed by atoms with E-state index >= 15 is 4.39 Å². The van der Waals surface area contributed by atoms with Crippen molar-refractivity contribution in [2.24, 2.45) is 17.6 Å². The van der Waals surface area contributed by atoms with Crippen LogP contribution < -0.4 is 36.3 Å². The molecule has 5 N–H and O–H groups in total. The first-order valence-electron chi connectivity index (χ1n) is 9.90. The average Bonchev–Trinajstić information content (AvgIpc) is 3.15.